The maximum atomic E-state index is 11.5. The molecule has 3 aromatic rings. The van der Waals surface area contributed by atoms with Crippen molar-refractivity contribution in [1.29, 1.82) is 0 Å². The summed E-state index contributed by atoms with van der Waals surface area (Å²) < 4.78 is 0. The first-order chi connectivity index (χ1) is 20.0. The molecule has 0 saturated carbocycles. The van der Waals surface area contributed by atoms with E-state index in [1.54, 1.807) is 12.2 Å². The third-order valence-corrected chi connectivity index (χ3v) is 8.06. The van der Waals surface area contributed by atoms with Gasteiger partial charge in [0.1, 0.15) is 0 Å². The van der Waals surface area contributed by atoms with Gasteiger partial charge >= 0.3 is 29.0 Å². The van der Waals surface area contributed by atoms with Crippen molar-refractivity contribution in [2.45, 2.75) is 53.4 Å². The molecule has 0 radical (unpaired) electrons. The number of hydrogen-bond acceptors (Lipinski definition) is 4. The fourth-order valence-electron chi connectivity index (χ4n) is 5.61. The van der Waals surface area contributed by atoms with Gasteiger partial charge in [0.05, 0.1) is 22.8 Å². The van der Waals surface area contributed by atoms with Crippen molar-refractivity contribution < 1.29 is 42.3 Å². The van der Waals surface area contributed by atoms with Crippen molar-refractivity contribution in [3.63, 3.8) is 0 Å². The summed E-state index contributed by atoms with van der Waals surface area (Å²) in [5.74, 6) is -1.80. The Morgan fingerprint density at radius 2 is 1.25 bits per heavy atom. The van der Waals surface area contributed by atoms with Gasteiger partial charge in [0, 0.05) is 18.4 Å². The monoisotopic (exact) mass is 634 g/mol. The normalized spacial score (nSPS) is 12.5. The van der Waals surface area contributed by atoms with Crippen molar-refractivity contribution in [1.82, 2.24) is 19.9 Å². The van der Waals surface area contributed by atoms with Gasteiger partial charge in [0.15, 0.2) is 0 Å². The van der Waals surface area contributed by atoms with E-state index in [-0.39, 0.29) is 35.4 Å². The second-order valence-corrected chi connectivity index (χ2v) is 10.6. The number of fused-ring (bicyclic) bond motifs is 8. The van der Waals surface area contributed by atoms with Gasteiger partial charge in [-0.3, -0.25) is 9.59 Å². The minimum Gasteiger partial charge on any atom is -0.657 e. The van der Waals surface area contributed by atoms with Crippen molar-refractivity contribution >= 4 is 62.4 Å². The van der Waals surface area contributed by atoms with Crippen LogP contribution in [0.1, 0.15) is 78.1 Å². The molecule has 9 nitrogen and oxygen atoms in total. The molecule has 0 atom stereocenters. The predicted octanol–water partition coefficient (Wildman–Crippen LogP) is 5.94. The van der Waals surface area contributed by atoms with Crippen LogP contribution in [0.15, 0.2) is 43.5 Å². The second-order valence-electron chi connectivity index (χ2n) is 10.6. The average Bonchev–Trinajstić information content (AvgIpc) is 3.59. The van der Waals surface area contributed by atoms with Crippen LogP contribution in [-0.2, 0) is 33.1 Å². The number of carboxylic acids is 2. The van der Waals surface area contributed by atoms with Crippen LogP contribution in [0.4, 0.5) is 0 Å². The number of hydrogen-bond donors (Lipinski definition) is 2. The molecule has 3 aromatic heterocycles. The van der Waals surface area contributed by atoms with Gasteiger partial charge in [0.25, 0.3) is 0 Å². The minimum absolute atomic E-state index is 0. The molecule has 0 spiro atoms. The van der Waals surface area contributed by atoms with Crippen LogP contribution in [0.2, 0.25) is 0 Å². The van der Waals surface area contributed by atoms with Gasteiger partial charge in [-0.2, -0.15) is 0 Å². The SMILES string of the molecule is C=CC1=C(C)c2cc3[n-]c(cc4nc(cc5[n-]c(cc1n2)c(C)c5CCC(=O)O)C(CCC(=O)O)=C4C)c(C)c3C=C.O.[Fe+2]. The fourth-order valence-corrected chi connectivity index (χ4v) is 5.61. The summed E-state index contributed by atoms with van der Waals surface area (Å²) in [5, 5.41) is 18.9. The maximum Gasteiger partial charge on any atom is 2.00 e. The summed E-state index contributed by atoms with van der Waals surface area (Å²) in [7, 11) is 0. The van der Waals surface area contributed by atoms with Crippen LogP contribution in [0.25, 0.3) is 50.4 Å². The summed E-state index contributed by atoms with van der Waals surface area (Å²) in [6, 6.07) is 7.62. The van der Waals surface area contributed by atoms with Crippen LogP contribution in [0.5, 0.6) is 0 Å². The molecule has 0 aliphatic carbocycles. The number of carbonyl (C=O) groups is 2. The van der Waals surface area contributed by atoms with Crippen LogP contribution in [0, 0.1) is 13.8 Å². The number of carboxylic acid groups (broad SMARTS) is 2. The van der Waals surface area contributed by atoms with E-state index in [9.17, 15) is 19.8 Å². The molecule has 5 heterocycles. The molecule has 0 fully saturated rings. The average molecular weight is 635 g/mol. The Labute approximate surface area is 266 Å². The summed E-state index contributed by atoms with van der Waals surface area (Å²) in [6.07, 6.45) is 4.06. The first kappa shape index (κ1) is 34.0. The van der Waals surface area contributed by atoms with Crippen LogP contribution in [0.3, 0.4) is 0 Å². The molecule has 8 bridgehead atoms. The van der Waals surface area contributed by atoms with E-state index < -0.39 is 11.9 Å². The zero-order chi connectivity index (χ0) is 30.3. The van der Waals surface area contributed by atoms with E-state index >= 15 is 0 Å². The van der Waals surface area contributed by atoms with Gasteiger partial charge in [-0.15, -0.1) is 22.1 Å². The molecule has 0 unspecified atom stereocenters. The maximum absolute atomic E-state index is 11.5. The molecular formula is C34H34FeN4O5. The first-order valence-corrected chi connectivity index (χ1v) is 13.8. The Balaban J connectivity index is 0.00000264. The van der Waals surface area contributed by atoms with Crippen LogP contribution < -0.4 is 9.97 Å². The number of aromatic nitrogens is 4. The van der Waals surface area contributed by atoms with E-state index in [1.807, 2.05) is 52.0 Å². The van der Waals surface area contributed by atoms with Crippen molar-refractivity contribution in [2.24, 2.45) is 0 Å². The van der Waals surface area contributed by atoms with E-state index in [4.69, 9.17) is 19.9 Å². The van der Waals surface area contributed by atoms with E-state index in [0.29, 0.717) is 41.0 Å². The Morgan fingerprint density at radius 1 is 0.727 bits per heavy atom. The standard InChI is InChI=1S/C34H34N4O4.Fe.H2O/c1-7-21-17(3)25-13-26-19(5)23(9-11-33(39)40)31(37-26)16-32-24(10-12-34(41)42)20(6)28(38-32)15-30-22(8-2)18(4)27(36-30)14-29(21)35-25;;/h7-8,13-16H,1-2,9-12H2,3-6H3,(H4,35,36,37,38,39,40,41,42);;1H2/q;+2;/p-2. The van der Waals surface area contributed by atoms with Crippen LogP contribution in [-0.4, -0.2) is 37.6 Å². The summed E-state index contributed by atoms with van der Waals surface area (Å²) in [4.78, 5) is 42.7. The molecule has 4 N–H and O–H groups in total. The zero-order valence-corrected chi connectivity index (χ0v) is 26.2. The molecule has 2 aliphatic heterocycles. The second kappa shape index (κ2) is 13.4. The quantitative estimate of drug-likeness (QED) is 0.288. The van der Waals surface area contributed by atoms with Crippen molar-refractivity contribution in [3.8, 4) is 0 Å². The molecule has 0 aromatic carbocycles. The fraction of sp³-hybridized carbons (Fsp3) is 0.235. The zero-order valence-electron chi connectivity index (χ0n) is 25.1. The predicted molar refractivity (Wildman–Crippen MR) is 170 cm³/mol. The number of allylic oxidation sites excluding steroid dienone is 5. The van der Waals surface area contributed by atoms with Crippen molar-refractivity contribution in [2.75, 3.05) is 0 Å². The number of rotatable bonds is 8. The first-order valence-electron chi connectivity index (χ1n) is 13.8. The Morgan fingerprint density at radius 3 is 1.89 bits per heavy atom. The van der Waals surface area contributed by atoms with Gasteiger partial charge < -0.3 is 25.7 Å². The number of nitrogens with zero attached hydrogens (tertiary/aromatic N) is 4. The van der Waals surface area contributed by atoms with Gasteiger partial charge in [-0.05, 0) is 62.8 Å². The third kappa shape index (κ3) is 6.24. The number of aryl methyl sites for hydroxylation is 3. The largest absolute Gasteiger partial charge is 2.00 e. The van der Waals surface area contributed by atoms with E-state index in [1.165, 1.54) is 0 Å². The van der Waals surface area contributed by atoms with E-state index in [0.717, 1.165) is 61.3 Å². The summed E-state index contributed by atoms with van der Waals surface area (Å²) >= 11 is 0. The molecule has 44 heavy (non-hydrogen) atoms. The summed E-state index contributed by atoms with van der Waals surface area (Å²) in [5.41, 5.74) is 12.6. The Bertz CT molecular complexity index is 1930. The smallest absolute Gasteiger partial charge is 0.657 e. The third-order valence-electron chi connectivity index (χ3n) is 8.06. The molecule has 10 heteroatoms. The molecule has 0 saturated heterocycles. The van der Waals surface area contributed by atoms with Gasteiger partial charge in [-0.25, -0.2) is 9.97 Å². The Hall–Kier alpha value is -4.50. The Kier molecular flexibility index (Phi) is 10.4. The van der Waals surface area contributed by atoms with Gasteiger partial charge in [0.2, 0.25) is 0 Å². The minimum atomic E-state index is -0.898. The van der Waals surface area contributed by atoms with Crippen LogP contribution >= 0.6 is 0 Å². The molecule has 228 valence electrons. The van der Waals surface area contributed by atoms with E-state index in [2.05, 4.69) is 13.2 Å². The molecular weight excluding hydrogens is 600 g/mol. The molecule has 0 amide bonds. The van der Waals surface area contributed by atoms with Gasteiger partial charge in [-0.1, -0.05) is 66.3 Å². The molecule has 2 aliphatic rings. The molecule has 5 rings (SSSR count). The topological polar surface area (TPSA) is 160 Å². The summed E-state index contributed by atoms with van der Waals surface area (Å²) in [6.45, 7) is 15.9. The van der Waals surface area contributed by atoms with Crippen molar-refractivity contribution in [3.05, 3.63) is 88.5 Å². The number of aliphatic carboxylic acids is 2.